The van der Waals surface area contributed by atoms with Crippen LogP contribution in [0.3, 0.4) is 0 Å². The van der Waals surface area contributed by atoms with Gasteiger partial charge < -0.3 is 14.2 Å². The number of carbonyl (C=O) groups excluding carboxylic acids is 2. The molecule has 0 radical (unpaired) electrons. The molecule has 0 bridgehead atoms. The van der Waals surface area contributed by atoms with E-state index in [0.717, 1.165) is 6.42 Å². The summed E-state index contributed by atoms with van der Waals surface area (Å²) in [6.07, 6.45) is 0.814. The van der Waals surface area contributed by atoms with Crippen molar-refractivity contribution < 1.29 is 23.8 Å². The van der Waals surface area contributed by atoms with Crippen LogP contribution < -0.4 is 14.2 Å². The zero-order valence-corrected chi connectivity index (χ0v) is 18.1. The highest BCUT2D eigenvalue weighted by Gasteiger charge is 2.18. The smallest absolute Gasteiger partial charge is 0.343 e. The molecule has 0 aromatic heterocycles. The minimum Gasteiger partial charge on any atom is -0.490 e. The molecule has 3 aromatic rings. The number of esters is 1. The molecular formula is C25H23ClO5. The summed E-state index contributed by atoms with van der Waals surface area (Å²) in [5, 5.41) is 0.273. The van der Waals surface area contributed by atoms with Gasteiger partial charge >= 0.3 is 5.97 Å². The van der Waals surface area contributed by atoms with Gasteiger partial charge in [0.1, 0.15) is 5.75 Å². The molecule has 0 N–H and O–H groups in total. The van der Waals surface area contributed by atoms with E-state index < -0.39 is 5.97 Å². The van der Waals surface area contributed by atoms with E-state index in [2.05, 4.69) is 0 Å². The van der Waals surface area contributed by atoms with Crippen molar-refractivity contribution in [2.24, 2.45) is 0 Å². The number of benzene rings is 3. The lowest BCUT2D eigenvalue weighted by Gasteiger charge is -2.14. The minimum absolute atomic E-state index is 0.103. The topological polar surface area (TPSA) is 61.8 Å². The minimum atomic E-state index is -0.591. The van der Waals surface area contributed by atoms with Crippen molar-refractivity contribution in [3.05, 3.63) is 88.4 Å². The fourth-order valence-corrected chi connectivity index (χ4v) is 3.15. The summed E-state index contributed by atoms with van der Waals surface area (Å²) in [6.45, 7) is 4.70. The highest BCUT2D eigenvalue weighted by Crippen LogP contribution is 2.37. The van der Waals surface area contributed by atoms with Crippen molar-refractivity contribution in [1.29, 1.82) is 0 Å². The van der Waals surface area contributed by atoms with E-state index in [0.29, 0.717) is 41.6 Å². The van der Waals surface area contributed by atoms with Crippen LogP contribution in [0.1, 0.15) is 46.5 Å². The van der Waals surface area contributed by atoms with Crippen molar-refractivity contribution in [3.8, 4) is 17.2 Å². The quantitative estimate of drug-likeness (QED) is 0.234. The van der Waals surface area contributed by atoms with Gasteiger partial charge in [0, 0.05) is 11.1 Å². The molecule has 3 rings (SSSR count). The van der Waals surface area contributed by atoms with Crippen LogP contribution in [-0.4, -0.2) is 25.0 Å². The third-order valence-electron chi connectivity index (χ3n) is 4.36. The number of ketones is 1. The second-order valence-electron chi connectivity index (χ2n) is 6.68. The average molecular weight is 439 g/mol. The van der Waals surface area contributed by atoms with Gasteiger partial charge in [-0.1, -0.05) is 48.9 Å². The van der Waals surface area contributed by atoms with Crippen molar-refractivity contribution >= 4 is 23.4 Å². The van der Waals surface area contributed by atoms with Crippen LogP contribution in [-0.2, 0) is 0 Å². The SMILES string of the molecule is CCCOc1c(Cl)cc(C(=O)Oc2ccc(C(=O)c3ccccc3)cc2)cc1OCC. The Hall–Kier alpha value is -3.31. The molecule has 0 spiro atoms. The first-order valence-corrected chi connectivity index (χ1v) is 10.4. The zero-order valence-electron chi connectivity index (χ0n) is 17.4. The third kappa shape index (κ3) is 5.64. The molecule has 0 heterocycles. The first-order chi connectivity index (χ1) is 15.0. The van der Waals surface area contributed by atoms with E-state index in [-0.39, 0.29) is 16.4 Å². The molecule has 6 heteroatoms. The number of carbonyl (C=O) groups is 2. The van der Waals surface area contributed by atoms with Crippen LogP contribution in [0.2, 0.25) is 5.02 Å². The van der Waals surface area contributed by atoms with E-state index in [1.54, 1.807) is 42.5 Å². The highest BCUT2D eigenvalue weighted by atomic mass is 35.5. The lowest BCUT2D eigenvalue weighted by Crippen LogP contribution is -2.10. The fourth-order valence-electron chi connectivity index (χ4n) is 2.89. The van der Waals surface area contributed by atoms with Crippen LogP contribution in [0.4, 0.5) is 0 Å². The predicted octanol–water partition coefficient (Wildman–Crippen LogP) is 5.98. The Morgan fingerprint density at radius 3 is 2.16 bits per heavy atom. The van der Waals surface area contributed by atoms with Crippen molar-refractivity contribution in [3.63, 3.8) is 0 Å². The van der Waals surface area contributed by atoms with Crippen LogP contribution >= 0.6 is 11.6 Å². The Balaban J connectivity index is 1.76. The predicted molar refractivity (Wildman–Crippen MR) is 120 cm³/mol. The summed E-state index contributed by atoms with van der Waals surface area (Å²) in [4.78, 5) is 25.1. The summed E-state index contributed by atoms with van der Waals surface area (Å²) in [6, 6.07) is 18.4. The maximum atomic E-state index is 12.6. The molecule has 0 fully saturated rings. The molecule has 160 valence electrons. The standard InChI is InChI=1S/C25H23ClO5/c1-3-14-30-24-21(26)15-19(16-22(24)29-4-2)25(28)31-20-12-10-18(11-13-20)23(27)17-8-6-5-7-9-17/h5-13,15-16H,3-4,14H2,1-2H3. The Kier molecular flexibility index (Phi) is 7.68. The summed E-state index contributed by atoms with van der Waals surface area (Å²) in [5.74, 6) is 0.418. The molecule has 0 aliphatic carbocycles. The molecular weight excluding hydrogens is 416 g/mol. The van der Waals surface area contributed by atoms with Gasteiger partial charge in [-0.2, -0.15) is 0 Å². The number of hydrogen-bond donors (Lipinski definition) is 0. The summed E-state index contributed by atoms with van der Waals surface area (Å²) < 4.78 is 16.7. The normalized spacial score (nSPS) is 10.4. The van der Waals surface area contributed by atoms with E-state index >= 15 is 0 Å². The molecule has 31 heavy (non-hydrogen) atoms. The van der Waals surface area contributed by atoms with Crippen LogP contribution in [0.15, 0.2) is 66.7 Å². The Labute approximate surface area is 186 Å². The maximum Gasteiger partial charge on any atom is 0.343 e. The summed E-state index contributed by atoms with van der Waals surface area (Å²) in [5.41, 5.74) is 1.34. The number of hydrogen-bond acceptors (Lipinski definition) is 5. The molecule has 0 atom stereocenters. The molecule has 0 amide bonds. The molecule has 0 aliphatic heterocycles. The molecule has 5 nitrogen and oxygen atoms in total. The van der Waals surface area contributed by atoms with Crippen molar-refractivity contribution in [2.75, 3.05) is 13.2 Å². The fraction of sp³-hybridized carbons (Fsp3) is 0.200. The first-order valence-electron chi connectivity index (χ1n) is 10.0. The molecule has 0 saturated carbocycles. The lowest BCUT2D eigenvalue weighted by molar-refractivity contribution is 0.0734. The second kappa shape index (κ2) is 10.6. The van der Waals surface area contributed by atoms with E-state index in [4.69, 9.17) is 25.8 Å². The van der Waals surface area contributed by atoms with Crippen molar-refractivity contribution in [2.45, 2.75) is 20.3 Å². The largest absolute Gasteiger partial charge is 0.490 e. The Bertz CT molecular complexity index is 1050. The summed E-state index contributed by atoms with van der Waals surface area (Å²) in [7, 11) is 0. The van der Waals surface area contributed by atoms with E-state index in [1.165, 1.54) is 6.07 Å². The highest BCUT2D eigenvalue weighted by molar-refractivity contribution is 6.32. The second-order valence-corrected chi connectivity index (χ2v) is 7.08. The average Bonchev–Trinajstić information content (AvgIpc) is 2.79. The van der Waals surface area contributed by atoms with E-state index in [1.807, 2.05) is 32.0 Å². The van der Waals surface area contributed by atoms with Gasteiger partial charge in [0.25, 0.3) is 0 Å². The number of ether oxygens (including phenoxy) is 3. The first kappa shape index (κ1) is 22.4. The maximum absolute atomic E-state index is 12.6. The van der Waals surface area contributed by atoms with Gasteiger partial charge in [-0.25, -0.2) is 4.79 Å². The van der Waals surface area contributed by atoms with Gasteiger partial charge in [0.15, 0.2) is 17.3 Å². The monoisotopic (exact) mass is 438 g/mol. The van der Waals surface area contributed by atoms with Crippen LogP contribution in [0, 0.1) is 0 Å². The Morgan fingerprint density at radius 1 is 0.839 bits per heavy atom. The van der Waals surface area contributed by atoms with Crippen LogP contribution in [0.25, 0.3) is 0 Å². The van der Waals surface area contributed by atoms with Gasteiger partial charge in [-0.3, -0.25) is 4.79 Å². The number of halogens is 1. The zero-order chi connectivity index (χ0) is 22.2. The Morgan fingerprint density at radius 2 is 1.52 bits per heavy atom. The molecule has 0 aliphatic rings. The molecule has 0 saturated heterocycles. The molecule has 0 unspecified atom stereocenters. The van der Waals surface area contributed by atoms with E-state index in [9.17, 15) is 9.59 Å². The van der Waals surface area contributed by atoms with Gasteiger partial charge in [0.2, 0.25) is 0 Å². The summed E-state index contributed by atoms with van der Waals surface area (Å²) >= 11 is 6.32. The van der Waals surface area contributed by atoms with Gasteiger partial charge in [-0.05, 0) is 49.7 Å². The third-order valence-corrected chi connectivity index (χ3v) is 4.64. The molecule has 3 aromatic carbocycles. The van der Waals surface area contributed by atoms with Crippen LogP contribution in [0.5, 0.6) is 17.2 Å². The van der Waals surface area contributed by atoms with Crippen molar-refractivity contribution in [1.82, 2.24) is 0 Å². The van der Waals surface area contributed by atoms with Gasteiger partial charge in [0.05, 0.1) is 23.8 Å². The number of rotatable bonds is 9. The lowest BCUT2D eigenvalue weighted by atomic mass is 10.0. The van der Waals surface area contributed by atoms with Gasteiger partial charge in [-0.15, -0.1) is 0 Å².